The summed E-state index contributed by atoms with van der Waals surface area (Å²) < 4.78 is 43.6. The second-order valence-electron chi connectivity index (χ2n) is 5.27. The van der Waals surface area contributed by atoms with E-state index in [-0.39, 0.29) is 11.4 Å². The third kappa shape index (κ3) is 2.25. The number of aromatic nitrogens is 2. The summed E-state index contributed by atoms with van der Waals surface area (Å²) in [6, 6.07) is 11.5. The van der Waals surface area contributed by atoms with E-state index in [4.69, 9.17) is 4.42 Å². The summed E-state index contributed by atoms with van der Waals surface area (Å²) in [6.45, 7) is 0. The zero-order valence-corrected chi connectivity index (χ0v) is 12.0. The quantitative estimate of drug-likeness (QED) is 0.564. The van der Waals surface area contributed by atoms with E-state index in [1.54, 1.807) is 24.3 Å². The van der Waals surface area contributed by atoms with Crippen LogP contribution < -0.4 is 5.56 Å². The molecule has 4 aromatic rings. The van der Waals surface area contributed by atoms with Crippen molar-refractivity contribution in [1.82, 2.24) is 9.97 Å². The zero-order valence-electron chi connectivity index (χ0n) is 12.0. The molecule has 0 amide bonds. The minimum absolute atomic E-state index is 0.0978. The van der Waals surface area contributed by atoms with Gasteiger partial charge in [0.05, 0.1) is 11.1 Å². The fourth-order valence-corrected chi connectivity index (χ4v) is 2.55. The van der Waals surface area contributed by atoms with Crippen LogP contribution in [0.5, 0.6) is 0 Å². The predicted octanol–water partition coefficient (Wildman–Crippen LogP) is 4.36. The molecule has 0 fully saturated rings. The van der Waals surface area contributed by atoms with Crippen LogP contribution in [-0.4, -0.2) is 9.97 Å². The Morgan fingerprint density at radius 2 is 1.71 bits per heavy atom. The van der Waals surface area contributed by atoms with Crippen molar-refractivity contribution in [3.8, 4) is 11.5 Å². The lowest BCUT2D eigenvalue weighted by atomic mass is 10.1. The van der Waals surface area contributed by atoms with Crippen LogP contribution >= 0.6 is 0 Å². The van der Waals surface area contributed by atoms with Gasteiger partial charge in [-0.3, -0.25) is 4.79 Å². The van der Waals surface area contributed by atoms with Crippen LogP contribution in [0.1, 0.15) is 5.56 Å². The molecule has 0 atom stereocenters. The van der Waals surface area contributed by atoms with Crippen LogP contribution in [0.4, 0.5) is 13.2 Å². The van der Waals surface area contributed by atoms with E-state index >= 15 is 0 Å². The highest BCUT2D eigenvalue weighted by Crippen LogP contribution is 2.32. The summed E-state index contributed by atoms with van der Waals surface area (Å²) in [7, 11) is 0. The van der Waals surface area contributed by atoms with Gasteiger partial charge in [0.1, 0.15) is 0 Å². The summed E-state index contributed by atoms with van der Waals surface area (Å²) in [5.74, 6) is 0.0978. The normalized spacial score (nSPS) is 12.1. The molecule has 2 heterocycles. The highest BCUT2D eigenvalue weighted by molar-refractivity contribution is 6.00. The number of halogens is 3. The van der Waals surface area contributed by atoms with Crippen LogP contribution in [0.15, 0.2) is 57.7 Å². The van der Waals surface area contributed by atoms with Crippen LogP contribution in [-0.2, 0) is 6.18 Å². The maximum atomic E-state index is 12.6. The Hall–Kier alpha value is -3.09. The lowest BCUT2D eigenvalue weighted by molar-refractivity contribution is -0.137. The van der Waals surface area contributed by atoms with E-state index in [1.807, 2.05) is 0 Å². The summed E-state index contributed by atoms with van der Waals surface area (Å²) >= 11 is 0. The molecule has 1 N–H and O–H groups in total. The molecule has 0 radical (unpaired) electrons. The predicted molar refractivity (Wildman–Crippen MR) is 82.6 cm³/mol. The average molecular weight is 330 g/mol. The van der Waals surface area contributed by atoms with E-state index in [0.717, 1.165) is 12.1 Å². The van der Waals surface area contributed by atoms with Gasteiger partial charge in [-0.1, -0.05) is 12.1 Å². The molecule has 0 saturated heterocycles. The topological polar surface area (TPSA) is 58.9 Å². The van der Waals surface area contributed by atoms with Crippen molar-refractivity contribution >= 4 is 22.0 Å². The van der Waals surface area contributed by atoms with Crippen molar-refractivity contribution in [3.63, 3.8) is 0 Å². The van der Waals surface area contributed by atoms with E-state index in [0.29, 0.717) is 22.0 Å². The highest BCUT2D eigenvalue weighted by atomic mass is 19.4. The van der Waals surface area contributed by atoms with Gasteiger partial charge in [0.25, 0.3) is 5.56 Å². The van der Waals surface area contributed by atoms with Gasteiger partial charge in [-0.2, -0.15) is 13.2 Å². The number of benzene rings is 2. The van der Waals surface area contributed by atoms with Gasteiger partial charge in [-0.25, -0.2) is 4.98 Å². The minimum Gasteiger partial charge on any atom is -0.435 e. The highest BCUT2D eigenvalue weighted by Gasteiger charge is 2.30. The first-order chi connectivity index (χ1) is 11.4. The van der Waals surface area contributed by atoms with E-state index < -0.39 is 17.3 Å². The molecule has 0 spiro atoms. The third-order valence-corrected chi connectivity index (χ3v) is 3.72. The molecule has 4 nitrogen and oxygen atoms in total. The lowest BCUT2D eigenvalue weighted by Crippen LogP contribution is -2.05. The number of aromatic amines is 1. The molecule has 24 heavy (non-hydrogen) atoms. The van der Waals surface area contributed by atoms with Crippen molar-refractivity contribution in [1.29, 1.82) is 0 Å². The van der Waals surface area contributed by atoms with Gasteiger partial charge in [-0.05, 0) is 36.4 Å². The molecule has 2 aromatic heterocycles. The third-order valence-electron chi connectivity index (χ3n) is 3.72. The number of hydrogen-bond acceptors (Lipinski definition) is 3. The average Bonchev–Trinajstić information content (AvgIpc) is 3.00. The maximum Gasteiger partial charge on any atom is 0.416 e. The Bertz CT molecular complexity index is 1110. The van der Waals surface area contributed by atoms with E-state index in [1.165, 1.54) is 12.1 Å². The van der Waals surface area contributed by atoms with Crippen LogP contribution in [0.25, 0.3) is 33.5 Å². The summed E-state index contributed by atoms with van der Waals surface area (Å²) in [4.78, 5) is 18.9. The number of oxazole rings is 1. The van der Waals surface area contributed by atoms with Crippen molar-refractivity contribution < 1.29 is 17.6 Å². The zero-order chi connectivity index (χ0) is 16.9. The monoisotopic (exact) mass is 330 g/mol. The molecule has 0 aliphatic carbocycles. The number of hydrogen-bond donors (Lipinski definition) is 1. The molecule has 0 aliphatic rings. The van der Waals surface area contributed by atoms with Crippen LogP contribution in [0.2, 0.25) is 0 Å². The van der Waals surface area contributed by atoms with Crippen molar-refractivity contribution in [2.45, 2.75) is 6.18 Å². The second kappa shape index (κ2) is 4.95. The first kappa shape index (κ1) is 14.5. The number of para-hydroxylation sites is 1. The minimum atomic E-state index is -4.41. The molecular weight excluding hydrogens is 321 g/mol. The summed E-state index contributed by atoms with van der Waals surface area (Å²) in [5, 5.41) is 0.678. The summed E-state index contributed by atoms with van der Waals surface area (Å²) in [6.07, 6.45) is -4.41. The number of fused-ring (bicyclic) bond motifs is 3. The Labute approximate surface area is 132 Å². The number of H-pyrrole nitrogens is 1. The number of nitrogens with one attached hydrogen (secondary N) is 1. The first-order valence-electron chi connectivity index (χ1n) is 7.03. The number of pyridine rings is 1. The lowest BCUT2D eigenvalue weighted by Gasteiger charge is -2.05. The van der Waals surface area contributed by atoms with Gasteiger partial charge in [0.2, 0.25) is 5.89 Å². The molecule has 7 heteroatoms. The molecule has 2 aromatic carbocycles. The van der Waals surface area contributed by atoms with Crippen molar-refractivity contribution in [3.05, 3.63) is 64.4 Å². The second-order valence-corrected chi connectivity index (χ2v) is 5.27. The Balaban J connectivity index is 1.91. The molecule has 0 unspecified atom stereocenters. The van der Waals surface area contributed by atoms with Crippen LogP contribution in [0.3, 0.4) is 0 Å². The largest absolute Gasteiger partial charge is 0.435 e. The van der Waals surface area contributed by atoms with Gasteiger partial charge in [0.15, 0.2) is 11.1 Å². The number of rotatable bonds is 1. The van der Waals surface area contributed by atoms with Crippen molar-refractivity contribution in [2.24, 2.45) is 0 Å². The van der Waals surface area contributed by atoms with E-state index in [2.05, 4.69) is 9.97 Å². The maximum absolute atomic E-state index is 12.6. The number of nitrogens with zero attached hydrogens (tertiary/aromatic N) is 1. The van der Waals surface area contributed by atoms with Gasteiger partial charge in [0, 0.05) is 10.9 Å². The SMILES string of the molecule is O=c1[nH]c2ccccc2c2oc(-c3ccc(C(F)(F)F)cc3)nc12. The van der Waals surface area contributed by atoms with E-state index in [9.17, 15) is 18.0 Å². The smallest absolute Gasteiger partial charge is 0.416 e. The Morgan fingerprint density at radius 3 is 2.42 bits per heavy atom. The number of alkyl halides is 3. The molecule has 120 valence electrons. The molecular formula is C17H9F3N2O2. The first-order valence-corrected chi connectivity index (χ1v) is 7.03. The fraction of sp³-hybridized carbons (Fsp3) is 0.0588. The summed E-state index contributed by atoms with van der Waals surface area (Å²) in [5.41, 5.74) is 0.219. The molecule has 0 saturated carbocycles. The van der Waals surface area contributed by atoms with Gasteiger partial charge in [-0.15, -0.1) is 0 Å². The molecule has 0 aliphatic heterocycles. The van der Waals surface area contributed by atoms with Crippen LogP contribution in [0, 0.1) is 0 Å². The fourth-order valence-electron chi connectivity index (χ4n) is 2.55. The Morgan fingerprint density at radius 1 is 1.00 bits per heavy atom. The Kier molecular flexibility index (Phi) is 2.99. The van der Waals surface area contributed by atoms with Gasteiger partial charge < -0.3 is 9.40 Å². The van der Waals surface area contributed by atoms with Gasteiger partial charge >= 0.3 is 6.18 Å². The molecule has 4 rings (SSSR count). The standard InChI is InChI=1S/C17H9F3N2O2/c18-17(19,20)10-7-5-9(6-8-10)16-22-13-14(24-16)11-3-1-2-4-12(11)21-15(13)23/h1-8H,(H,21,23). The molecule has 0 bridgehead atoms. The van der Waals surface area contributed by atoms with Crippen molar-refractivity contribution in [2.75, 3.05) is 0 Å².